The van der Waals surface area contributed by atoms with Gasteiger partial charge in [-0.1, -0.05) is 36.4 Å². The first-order valence-electron chi connectivity index (χ1n) is 6.59. The van der Waals surface area contributed by atoms with Crippen molar-refractivity contribution >= 4 is 6.08 Å². The summed E-state index contributed by atoms with van der Waals surface area (Å²) in [4.78, 5) is 0. The lowest BCUT2D eigenvalue weighted by atomic mass is 10.1. The Bertz CT molecular complexity index is 621. The first-order valence-corrected chi connectivity index (χ1v) is 6.59. The fourth-order valence-corrected chi connectivity index (χ4v) is 1.81. The average Bonchev–Trinajstić information content (AvgIpc) is 2.52. The van der Waals surface area contributed by atoms with Gasteiger partial charge < -0.3 is 9.47 Å². The van der Waals surface area contributed by atoms with E-state index in [0.29, 0.717) is 11.3 Å². The fourth-order valence-electron chi connectivity index (χ4n) is 1.81. The van der Waals surface area contributed by atoms with Crippen molar-refractivity contribution in [2.75, 3.05) is 7.11 Å². The Hall–Kier alpha value is -2.27. The van der Waals surface area contributed by atoms with Crippen molar-refractivity contribution in [1.29, 1.82) is 0 Å². The van der Waals surface area contributed by atoms with E-state index in [1.165, 1.54) is 19.3 Å². The minimum atomic E-state index is -4.36. The largest absolute Gasteiger partial charge is 0.461 e. The van der Waals surface area contributed by atoms with Crippen LogP contribution < -0.4 is 4.74 Å². The first kappa shape index (κ1) is 16.1. The van der Waals surface area contributed by atoms with E-state index in [1.807, 2.05) is 18.2 Å². The maximum absolute atomic E-state index is 12.6. The maximum atomic E-state index is 12.6. The molecule has 0 bridgehead atoms. The molecule has 0 amide bonds. The Morgan fingerprint density at radius 3 is 2.36 bits per heavy atom. The average molecular weight is 308 g/mol. The highest BCUT2D eigenvalue weighted by Crippen LogP contribution is 2.29. The van der Waals surface area contributed by atoms with Crippen LogP contribution in [0.2, 0.25) is 0 Å². The van der Waals surface area contributed by atoms with Crippen LogP contribution in [0.3, 0.4) is 0 Å². The van der Waals surface area contributed by atoms with E-state index in [9.17, 15) is 13.2 Å². The molecule has 0 spiro atoms. The molecule has 2 aromatic carbocycles. The van der Waals surface area contributed by atoms with Crippen LogP contribution in [0.15, 0.2) is 60.7 Å². The van der Waals surface area contributed by atoms with Crippen LogP contribution >= 0.6 is 0 Å². The van der Waals surface area contributed by atoms with Gasteiger partial charge in [-0.3, -0.25) is 0 Å². The molecule has 0 aromatic heterocycles. The number of hydrogen-bond donors (Lipinski definition) is 0. The molecule has 0 heterocycles. The van der Waals surface area contributed by atoms with Gasteiger partial charge in [-0.25, -0.2) is 0 Å². The number of halogens is 3. The molecule has 116 valence electrons. The Morgan fingerprint density at radius 2 is 1.73 bits per heavy atom. The van der Waals surface area contributed by atoms with E-state index in [2.05, 4.69) is 0 Å². The van der Waals surface area contributed by atoms with Gasteiger partial charge >= 0.3 is 6.18 Å². The SMILES string of the molecule is COC(C=Cc1cccc(C(F)(F)F)c1)Oc1ccccc1. The van der Waals surface area contributed by atoms with Crippen LogP contribution in [-0.2, 0) is 10.9 Å². The van der Waals surface area contributed by atoms with Crippen molar-refractivity contribution in [3.8, 4) is 5.75 Å². The molecule has 2 aromatic rings. The lowest BCUT2D eigenvalue weighted by molar-refractivity contribution is -0.137. The number of para-hydroxylation sites is 1. The predicted molar refractivity (Wildman–Crippen MR) is 78.3 cm³/mol. The molecule has 0 N–H and O–H groups in total. The first-order chi connectivity index (χ1) is 10.5. The van der Waals surface area contributed by atoms with Crippen LogP contribution in [0.5, 0.6) is 5.75 Å². The van der Waals surface area contributed by atoms with E-state index in [-0.39, 0.29) is 0 Å². The summed E-state index contributed by atoms with van der Waals surface area (Å²) >= 11 is 0. The van der Waals surface area contributed by atoms with Crippen LogP contribution in [-0.4, -0.2) is 13.4 Å². The van der Waals surface area contributed by atoms with Crippen molar-refractivity contribution < 1.29 is 22.6 Å². The van der Waals surface area contributed by atoms with E-state index >= 15 is 0 Å². The summed E-state index contributed by atoms with van der Waals surface area (Å²) in [6, 6.07) is 14.1. The third-order valence-electron chi connectivity index (χ3n) is 2.89. The van der Waals surface area contributed by atoms with Gasteiger partial charge in [0.1, 0.15) is 5.75 Å². The number of alkyl halides is 3. The minimum Gasteiger partial charge on any atom is -0.461 e. The summed E-state index contributed by atoms with van der Waals surface area (Å²) in [6.45, 7) is 0. The standard InChI is InChI=1S/C17H15F3O2/c1-21-16(22-15-8-3-2-4-9-15)11-10-13-6-5-7-14(12-13)17(18,19)20/h2-12,16H,1H3. The van der Waals surface area contributed by atoms with E-state index in [1.54, 1.807) is 24.3 Å². The second-order valence-corrected chi connectivity index (χ2v) is 4.52. The third kappa shape index (κ3) is 4.63. The molecule has 0 radical (unpaired) electrons. The number of methoxy groups -OCH3 is 1. The monoisotopic (exact) mass is 308 g/mol. The van der Waals surface area contributed by atoms with Gasteiger partial charge in [0.2, 0.25) is 6.29 Å². The molecule has 22 heavy (non-hydrogen) atoms. The van der Waals surface area contributed by atoms with Crippen molar-refractivity contribution in [2.24, 2.45) is 0 Å². The molecule has 0 fully saturated rings. The van der Waals surface area contributed by atoms with Crippen molar-refractivity contribution in [1.82, 2.24) is 0 Å². The molecular formula is C17H15F3O2. The zero-order chi connectivity index (χ0) is 16.0. The Labute approximate surface area is 126 Å². The summed E-state index contributed by atoms with van der Waals surface area (Å²) in [5.74, 6) is 0.614. The third-order valence-corrected chi connectivity index (χ3v) is 2.89. The van der Waals surface area contributed by atoms with Crippen molar-refractivity contribution in [3.63, 3.8) is 0 Å². The van der Waals surface area contributed by atoms with Crippen molar-refractivity contribution in [2.45, 2.75) is 12.5 Å². The highest BCUT2D eigenvalue weighted by Gasteiger charge is 2.30. The highest BCUT2D eigenvalue weighted by atomic mass is 19.4. The van der Waals surface area contributed by atoms with Gasteiger partial charge in [-0.2, -0.15) is 13.2 Å². The second kappa shape index (κ2) is 7.13. The summed E-state index contributed by atoms with van der Waals surface area (Å²) < 4.78 is 48.6. The Morgan fingerprint density at radius 1 is 1.00 bits per heavy atom. The molecule has 0 saturated heterocycles. The smallest absolute Gasteiger partial charge is 0.416 e. The summed E-state index contributed by atoms with van der Waals surface area (Å²) in [7, 11) is 1.46. The molecule has 0 aliphatic heterocycles. The number of rotatable bonds is 5. The minimum absolute atomic E-state index is 0.425. The zero-order valence-electron chi connectivity index (χ0n) is 11.9. The van der Waals surface area contributed by atoms with Crippen LogP contribution in [0.1, 0.15) is 11.1 Å². The van der Waals surface area contributed by atoms with Crippen LogP contribution in [0.4, 0.5) is 13.2 Å². The molecule has 2 nitrogen and oxygen atoms in total. The van der Waals surface area contributed by atoms with Gasteiger partial charge in [-0.15, -0.1) is 0 Å². The quantitative estimate of drug-likeness (QED) is 0.741. The highest BCUT2D eigenvalue weighted by molar-refractivity contribution is 5.51. The summed E-state index contributed by atoms with van der Waals surface area (Å²) in [5, 5.41) is 0. The van der Waals surface area contributed by atoms with E-state index in [0.717, 1.165) is 12.1 Å². The van der Waals surface area contributed by atoms with Gasteiger partial charge in [-0.05, 0) is 35.9 Å². The molecule has 0 aliphatic rings. The van der Waals surface area contributed by atoms with E-state index in [4.69, 9.17) is 9.47 Å². The van der Waals surface area contributed by atoms with E-state index < -0.39 is 18.0 Å². The molecular weight excluding hydrogens is 293 g/mol. The molecule has 0 saturated carbocycles. The van der Waals surface area contributed by atoms with Crippen LogP contribution in [0.25, 0.3) is 6.08 Å². The van der Waals surface area contributed by atoms with Crippen LogP contribution in [0, 0.1) is 0 Å². The molecule has 1 unspecified atom stereocenters. The summed E-state index contributed by atoms with van der Waals surface area (Å²) in [5.41, 5.74) is -0.263. The molecule has 2 rings (SSSR count). The summed E-state index contributed by atoms with van der Waals surface area (Å²) in [6.07, 6.45) is -1.95. The number of hydrogen-bond acceptors (Lipinski definition) is 2. The maximum Gasteiger partial charge on any atom is 0.416 e. The molecule has 1 atom stereocenters. The number of ether oxygens (including phenoxy) is 2. The zero-order valence-corrected chi connectivity index (χ0v) is 11.9. The van der Waals surface area contributed by atoms with Gasteiger partial charge in [0.05, 0.1) is 5.56 Å². The lowest BCUT2D eigenvalue weighted by Crippen LogP contribution is -2.15. The Balaban J connectivity index is 2.09. The fraction of sp³-hybridized carbons (Fsp3) is 0.176. The Kier molecular flexibility index (Phi) is 5.22. The topological polar surface area (TPSA) is 18.5 Å². The van der Waals surface area contributed by atoms with Gasteiger partial charge in [0.15, 0.2) is 0 Å². The number of benzene rings is 2. The normalized spacial score (nSPS) is 13.3. The second-order valence-electron chi connectivity index (χ2n) is 4.52. The predicted octanol–water partition coefficient (Wildman–Crippen LogP) is 4.77. The van der Waals surface area contributed by atoms with Gasteiger partial charge in [0.25, 0.3) is 0 Å². The molecule has 0 aliphatic carbocycles. The van der Waals surface area contributed by atoms with Crippen molar-refractivity contribution in [3.05, 3.63) is 71.8 Å². The lowest BCUT2D eigenvalue weighted by Gasteiger charge is -2.13. The molecule has 5 heteroatoms. The van der Waals surface area contributed by atoms with Gasteiger partial charge in [0, 0.05) is 7.11 Å².